The third kappa shape index (κ3) is 3.17. The van der Waals surface area contributed by atoms with Crippen LogP contribution in [0.1, 0.15) is 17.8 Å². The standard InChI is InChI=1S/C14H15N3OS/c18-14(10-4-5-10)16-8-6-13-17-12(9-19-13)11-3-1-2-7-15-11/h1-3,7,9-10H,4-6,8H2,(H,16,18). The molecule has 0 aromatic carbocycles. The van der Waals surface area contributed by atoms with Crippen LogP contribution in [0.4, 0.5) is 0 Å². The molecule has 2 aromatic rings. The molecule has 0 saturated heterocycles. The number of nitrogens with one attached hydrogen (secondary N) is 1. The van der Waals surface area contributed by atoms with Crippen molar-refractivity contribution < 1.29 is 4.79 Å². The van der Waals surface area contributed by atoms with E-state index in [0.29, 0.717) is 6.54 Å². The van der Waals surface area contributed by atoms with Gasteiger partial charge in [-0.2, -0.15) is 0 Å². The molecule has 0 aliphatic heterocycles. The average molecular weight is 273 g/mol. The first-order valence-corrected chi connectivity index (χ1v) is 7.34. The molecule has 1 aliphatic rings. The van der Waals surface area contributed by atoms with E-state index in [2.05, 4.69) is 15.3 Å². The molecule has 5 heteroatoms. The van der Waals surface area contributed by atoms with Gasteiger partial charge in [-0.1, -0.05) is 6.07 Å². The number of pyridine rings is 1. The van der Waals surface area contributed by atoms with Crippen molar-refractivity contribution in [3.05, 3.63) is 34.8 Å². The maximum atomic E-state index is 11.5. The van der Waals surface area contributed by atoms with Crippen LogP contribution in [-0.4, -0.2) is 22.4 Å². The summed E-state index contributed by atoms with van der Waals surface area (Å²) in [5.74, 6) is 0.474. The van der Waals surface area contributed by atoms with E-state index in [9.17, 15) is 4.79 Å². The second-order valence-corrected chi connectivity index (χ2v) is 5.60. The van der Waals surface area contributed by atoms with Crippen molar-refractivity contribution in [3.63, 3.8) is 0 Å². The molecule has 0 bridgehead atoms. The van der Waals surface area contributed by atoms with Crippen LogP contribution in [-0.2, 0) is 11.2 Å². The molecule has 0 radical (unpaired) electrons. The molecule has 1 amide bonds. The summed E-state index contributed by atoms with van der Waals surface area (Å²) < 4.78 is 0. The first kappa shape index (κ1) is 12.3. The SMILES string of the molecule is O=C(NCCc1nc(-c2ccccn2)cs1)C1CC1. The second kappa shape index (κ2) is 5.48. The lowest BCUT2D eigenvalue weighted by atomic mass is 10.3. The van der Waals surface area contributed by atoms with E-state index < -0.39 is 0 Å². The number of aromatic nitrogens is 2. The topological polar surface area (TPSA) is 54.9 Å². The number of carbonyl (C=O) groups excluding carboxylic acids is 1. The van der Waals surface area contributed by atoms with Crippen LogP contribution < -0.4 is 5.32 Å². The van der Waals surface area contributed by atoms with Crippen LogP contribution >= 0.6 is 11.3 Å². The summed E-state index contributed by atoms with van der Waals surface area (Å²) in [7, 11) is 0. The maximum Gasteiger partial charge on any atom is 0.223 e. The highest BCUT2D eigenvalue weighted by molar-refractivity contribution is 7.09. The number of hydrogen-bond donors (Lipinski definition) is 1. The molecule has 19 heavy (non-hydrogen) atoms. The fourth-order valence-electron chi connectivity index (χ4n) is 1.84. The first-order valence-electron chi connectivity index (χ1n) is 6.46. The van der Waals surface area contributed by atoms with Gasteiger partial charge in [0.1, 0.15) is 0 Å². The fraction of sp³-hybridized carbons (Fsp3) is 0.357. The van der Waals surface area contributed by atoms with Gasteiger partial charge in [-0.25, -0.2) is 4.98 Å². The molecular weight excluding hydrogens is 258 g/mol. The van der Waals surface area contributed by atoms with Gasteiger partial charge in [0.05, 0.1) is 16.4 Å². The molecule has 1 saturated carbocycles. The number of rotatable bonds is 5. The molecule has 2 aromatic heterocycles. The summed E-state index contributed by atoms with van der Waals surface area (Å²) in [6.07, 6.45) is 4.65. The number of hydrogen-bond acceptors (Lipinski definition) is 4. The van der Waals surface area contributed by atoms with Crippen molar-refractivity contribution >= 4 is 17.2 Å². The Hall–Kier alpha value is -1.75. The number of amides is 1. The summed E-state index contributed by atoms with van der Waals surface area (Å²) in [6.45, 7) is 0.671. The van der Waals surface area contributed by atoms with Gasteiger partial charge in [0.25, 0.3) is 0 Å². The molecule has 2 heterocycles. The van der Waals surface area contributed by atoms with Crippen LogP contribution in [0.25, 0.3) is 11.4 Å². The Morgan fingerprint density at radius 2 is 2.26 bits per heavy atom. The first-order chi connectivity index (χ1) is 9.33. The second-order valence-electron chi connectivity index (χ2n) is 4.66. The van der Waals surface area contributed by atoms with E-state index in [1.54, 1.807) is 17.5 Å². The van der Waals surface area contributed by atoms with E-state index in [0.717, 1.165) is 35.7 Å². The Kier molecular flexibility index (Phi) is 3.55. The third-order valence-electron chi connectivity index (χ3n) is 3.07. The van der Waals surface area contributed by atoms with Gasteiger partial charge in [0, 0.05) is 30.5 Å². The van der Waals surface area contributed by atoms with E-state index >= 15 is 0 Å². The predicted molar refractivity (Wildman–Crippen MR) is 74.8 cm³/mol. The smallest absolute Gasteiger partial charge is 0.223 e. The maximum absolute atomic E-state index is 11.5. The largest absolute Gasteiger partial charge is 0.355 e. The van der Waals surface area contributed by atoms with Crippen molar-refractivity contribution in [1.82, 2.24) is 15.3 Å². The van der Waals surface area contributed by atoms with Crippen molar-refractivity contribution in [1.29, 1.82) is 0 Å². The zero-order chi connectivity index (χ0) is 13.1. The molecule has 0 atom stereocenters. The zero-order valence-corrected chi connectivity index (χ0v) is 11.3. The average Bonchev–Trinajstić information content (AvgIpc) is 3.20. The Balaban J connectivity index is 1.54. The quantitative estimate of drug-likeness (QED) is 0.909. The Morgan fingerprint density at radius 3 is 3.00 bits per heavy atom. The molecule has 1 N–H and O–H groups in total. The van der Waals surface area contributed by atoms with E-state index in [4.69, 9.17) is 0 Å². The Bertz CT molecular complexity index is 563. The van der Waals surface area contributed by atoms with Gasteiger partial charge in [-0.3, -0.25) is 9.78 Å². The van der Waals surface area contributed by atoms with E-state index in [1.165, 1.54) is 0 Å². The highest BCUT2D eigenvalue weighted by Gasteiger charge is 2.29. The fourth-order valence-corrected chi connectivity index (χ4v) is 2.63. The van der Waals surface area contributed by atoms with Gasteiger partial charge in [-0.15, -0.1) is 11.3 Å². The van der Waals surface area contributed by atoms with E-state index in [-0.39, 0.29) is 11.8 Å². The molecule has 4 nitrogen and oxygen atoms in total. The predicted octanol–water partition coefficient (Wildman–Crippen LogP) is 2.27. The summed E-state index contributed by atoms with van der Waals surface area (Å²) >= 11 is 1.62. The van der Waals surface area contributed by atoms with Crippen molar-refractivity contribution in [2.75, 3.05) is 6.54 Å². The number of carbonyl (C=O) groups is 1. The summed E-state index contributed by atoms with van der Waals surface area (Å²) in [5, 5.41) is 6.01. The Morgan fingerprint density at radius 1 is 1.37 bits per heavy atom. The summed E-state index contributed by atoms with van der Waals surface area (Å²) in [6, 6.07) is 5.80. The lowest BCUT2D eigenvalue weighted by molar-refractivity contribution is -0.122. The van der Waals surface area contributed by atoms with Crippen molar-refractivity contribution in [3.8, 4) is 11.4 Å². The zero-order valence-electron chi connectivity index (χ0n) is 10.5. The van der Waals surface area contributed by atoms with Gasteiger partial charge >= 0.3 is 0 Å². The van der Waals surface area contributed by atoms with Gasteiger partial charge < -0.3 is 5.32 Å². The van der Waals surface area contributed by atoms with Gasteiger partial charge in [0.15, 0.2) is 0 Å². The highest BCUT2D eigenvalue weighted by atomic mass is 32.1. The molecule has 1 aliphatic carbocycles. The molecule has 1 fully saturated rings. The lowest BCUT2D eigenvalue weighted by Crippen LogP contribution is -2.26. The van der Waals surface area contributed by atoms with E-state index in [1.807, 2.05) is 23.6 Å². The van der Waals surface area contributed by atoms with Crippen molar-refractivity contribution in [2.24, 2.45) is 5.92 Å². The normalized spacial score (nSPS) is 14.3. The summed E-state index contributed by atoms with van der Waals surface area (Å²) in [5.41, 5.74) is 1.81. The van der Waals surface area contributed by atoms with Crippen molar-refractivity contribution in [2.45, 2.75) is 19.3 Å². The molecule has 0 spiro atoms. The molecule has 3 rings (SSSR count). The van der Waals surface area contributed by atoms with Crippen LogP contribution in [0.5, 0.6) is 0 Å². The minimum Gasteiger partial charge on any atom is -0.355 e. The lowest BCUT2D eigenvalue weighted by Gasteiger charge is -2.01. The summed E-state index contributed by atoms with van der Waals surface area (Å²) in [4.78, 5) is 20.3. The monoisotopic (exact) mass is 273 g/mol. The third-order valence-corrected chi connectivity index (χ3v) is 3.97. The van der Waals surface area contributed by atoms with Gasteiger partial charge in [-0.05, 0) is 25.0 Å². The molecule has 0 unspecified atom stereocenters. The number of thiazole rings is 1. The van der Waals surface area contributed by atoms with Crippen LogP contribution in [0.15, 0.2) is 29.8 Å². The highest BCUT2D eigenvalue weighted by Crippen LogP contribution is 2.28. The van der Waals surface area contributed by atoms with Crippen LogP contribution in [0.2, 0.25) is 0 Å². The minimum absolute atomic E-state index is 0.196. The Labute approximate surface area is 115 Å². The van der Waals surface area contributed by atoms with Gasteiger partial charge in [0.2, 0.25) is 5.91 Å². The number of nitrogens with zero attached hydrogens (tertiary/aromatic N) is 2. The minimum atomic E-state index is 0.196. The molecular formula is C14H15N3OS. The molecule has 98 valence electrons. The van der Waals surface area contributed by atoms with Crippen LogP contribution in [0, 0.1) is 5.92 Å². The van der Waals surface area contributed by atoms with Crippen LogP contribution in [0.3, 0.4) is 0 Å².